The number of carboxylic acid groups (broad SMARTS) is 1. The number of hydrogen-bond donors (Lipinski definition) is 4. The summed E-state index contributed by atoms with van der Waals surface area (Å²) < 4.78 is 4.36. The molecule has 0 rings (SSSR count). The van der Waals surface area contributed by atoms with Gasteiger partial charge in [-0.3, -0.25) is 9.59 Å². The summed E-state index contributed by atoms with van der Waals surface area (Å²) in [6, 6.07) is -3.29. The lowest BCUT2D eigenvalue weighted by molar-refractivity contribution is -0.148. The minimum Gasteiger partial charge on any atom is -0.480 e. The molecule has 21 heavy (non-hydrogen) atoms. The van der Waals surface area contributed by atoms with E-state index in [4.69, 9.17) is 10.8 Å². The zero-order valence-electron chi connectivity index (χ0n) is 11.8. The van der Waals surface area contributed by atoms with Gasteiger partial charge in [0, 0.05) is 0 Å². The Balaban J connectivity index is 4.76. The number of nitrogens with two attached hydrogens (primary N) is 1. The van der Waals surface area contributed by atoms with Crippen LogP contribution in [0.25, 0.3) is 0 Å². The number of ether oxygens (including phenoxy) is 1. The molecule has 3 amide bonds. The Bertz CT molecular complexity index is 403. The lowest BCUT2D eigenvalue weighted by Crippen LogP contribution is -2.53. The Labute approximate surface area is 126 Å². The van der Waals surface area contributed by atoms with Crippen LogP contribution in [-0.4, -0.2) is 60.2 Å². The van der Waals surface area contributed by atoms with E-state index in [0.29, 0.717) is 5.75 Å². The summed E-state index contributed by atoms with van der Waals surface area (Å²) in [6.45, 7) is 0. The second-order valence-electron chi connectivity index (χ2n) is 4.02. The van der Waals surface area contributed by atoms with E-state index in [-0.39, 0.29) is 6.42 Å². The van der Waals surface area contributed by atoms with Gasteiger partial charge in [-0.2, -0.15) is 11.8 Å². The van der Waals surface area contributed by atoms with Crippen molar-refractivity contribution in [2.75, 3.05) is 19.1 Å². The molecule has 10 heteroatoms. The normalized spacial score (nSPS) is 12.9. The van der Waals surface area contributed by atoms with E-state index in [2.05, 4.69) is 15.4 Å². The first kappa shape index (κ1) is 19.0. The van der Waals surface area contributed by atoms with Gasteiger partial charge >= 0.3 is 18.0 Å². The van der Waals surface area contributed by atoms with Crippen LogP contribution in [0.4, 0.5) is 4.79 Å². The Morgan fingerprint density at radius 1 is 1.24 bits per heavy atom. The fourth-order valence-electron chi connectivity index (χ4n) is 1.40. The first-order valence-electron chi connectivity index (χ1n) is 5.96. The van der Waals surface area contributed by atoms with E-state index < -0.39 is 42.4 Å². The van der Waals surface area contributed by atoms with Crippen molar-refractivity contribution in [1.82, 2.24) is 10.6 Å². The van der Waals surface area contributed by atoms with E-state index in [1.165, 1.54) is 11.8 Å². The number of urea groups is 1. The van der Waals surface area contributed by atoms with Gasteiger partial charge in [0.2, 0.25) is 5.91 Å². The minimum absolute atomic E-state index is 0.278. The quantitative estimate of drug-likeness (QED) is 0.394. The highest BCUT2D eigenvalue weighted by Gasteiger charge is 2.27. The maximum Gasteiger partial charge on any atom is 0.326 e. The fourth-order valence-corrected chi connectivity index (χ4v) is 1.87. The number of rotatable bonds is 9. The number of thioether (sulfide) groups is 1. The van der Waals surface area contributed by atoms with Gasteiger partial charge in [-0.25, -0.2) is 9.59 Å². The lowest BCUT2D eigenvalue weighted by atomic mass is 10.1. The number of carbonyl (C=O) groups is 4. The Kier molecular flexibility index (Phi) is 8.93. The van der Waals surface area contributed by atoms with Crippen molar-refractivity contribution in [2.45, 2.75) is 24.9 Å². The van der Waals surface area contributed by atoms with Crippen molar-refractivity contribution < 1.29 is 29.0 Å². The molecule has 0 aromatic carbocycles. The average molecular weight is 321 g/mol. The zero-order valence-corrected chi connectivity index (χ0v) is 12.6. The molecule has 0 aromatic heterocycles. The fraction of sp³-hybridized carbons (Fsp3) is 0.636. The van der Waals surface area contributed by atoms with Crippen molar-refractivity contribution in [1.29, 1.82) is 0 Å². The highest BCUT2D eigenvalue weighted by molar-refractivity contribution is 7.98. The molecule has 0 heterocycles. The van der Waals surface area contributed by atoms with Gasteiger partial charge in [0.05, 0.1) is 13.5 Å². The smallest absolute Gasteiger partial charge is 0.326 e. The van der Waals surface area contributed by atoms with Crippen LogP contribution in [-0.2, 0) is 19.1 Å². The van der Waals surface area contributed by atoms with Crippen LogP contribution >= 0.6 is 11.8 Å². The van der Waals surface area contributed by atoms with Gasteiger partial charge in [0.25, 0.3) is 0 Å². The van der Waals surface area contributed by atoms with Crippen molar-refractivity contribution in [2.24, 2.45) is 5.73 Å². The van der Waals surface area contributed by atoms with Gasteiger partial charge in [0.1, 0.15) is 12.1 Å². The maximum absolute atomic E-state index is 12.0. The number of methoxy groups -OCH3 is 1. The van der Waals surface area contributed by atoms with Crippen LogP contribution in [0.3, 0.4) is 0 Å². The first-order valence-corrected chi connectivity index (χ1v) is 7.36. The SMILES string of the molecule is COC(=O)C[C@H](NC(=O)C(CCSC)NC(N)=O)C(=O)O. The van der Waals surface area contributed by atoms with Gasteiger partial charge in [-0.1, -0.05) is 0 Å². The average Bonchev–Trinajstić information content (AvgIpc) is 2.41. The van der Waals surface area contributed by atoms with Crippen LogP contribution in [0.15, 0.2) is 0 Å². The molecular formula is C11H19N3O6S. The molecule has 2 atom stereocenters. The zero-order chi connectivity index (χ0) is 16.4. The van der Waals surface area contributed by atoms with Crippen molar-refractivity contribution in [3.8, 4) is 0 Å². The van der Waals surface area contributed by atoms with Crippen molar-refractivity contribution in [3.63, 3.8) is 0 Å². The predicted molar refractivity (Wildman–Crippen MR) is 75.7 cm³/mol. The third kappa shape index (κ3) is 8.02. The molecular weight excluding hydrogens is 302 g/mol. The first-order chi connectivity index (χ1) is 9.81. The largest absolute Gasteiger partial charge is 0.480 e. The number of carboxylic acids is 1. The monoisotopic (exact) mass is 321 g/mol. The molecule has 0 radical (unpaired) electrons. The molecule has 5 N–H and O–H groups in total. The third-order valence-electron chi connectivity index (χ3n) is 2.46. The second kappa shape index (κ2) is 9.86. The van der Waals surface area contributed by atoms with E-state index in [1.54, 1.807) is 0 Å². The molecule has 9 nitrogen and oxygen atoms in total. The molecule has 1 unspecified atom stereocenters. The number of carbonyl (C=O) groups excluding carboxylic acids is 3. The van der Waals surface area contributed by atoms with Gasteiger partial charge in [-0.05, 0) is 18.4 Å². The number of aliphatic carboxylic acids is 1. The summed E-state index contributed by atoms with van der Waals surface area (Å²) in [4.78, 5) is 44.9. The molecule has 0 aliphatic heterocycles. The van der Waals surface area contributed by atoms with Crippen LogP contribution < -0.4 is 16.4 Å². The molecule has 0 bridgehead atoms. The Morgan fingerprint density at radius 2 is 1.86 bits per heavy atom. The van der Waals surface area contributed by atoms with E-state index in [0.717, 1.165) is 7.11 Å². The summed E-state index contributed by atoms with van der Waals surface area (Å²) in [6.07, 6.45) is 1.58. The van der Waals surface area contributed by atoms with Crippen molar-refractivity contribution in [3.05, 3.63) is 0 Å². The highest BCUT2D eigenvalue weighted by atomic mass is 32.2. The highest BCUT2D eigenvalue weighted by Crippen LogP contribution is 2.03. The van der Waals surface area contributed by atoms with Crippen LogP contribution in [0.1, 0.15) is 12.8 Å². The molecule has 0 spiro atoms. The number of amides is 3. The molecule has 0 aliphatic rings. The standard InChI is InChI=1S/C11H19N3O6S/c1-20-8(15)5-7(10(17)18)13-9(16)6(3-4-21-2)14-11(12)19/h6-7H,3-5H2,1-2H3,(H,13,16)(H,17,18)(H3,12,14,19)/t6?,7-/m0/s1. The maximum atomic E-state index is 12.0. The molecule has 0 aromatic rings. The van der Waals surface area contributed by atoms with Crippen LogP contribution in [0.2, 0.25) is 0 Å². The minimum atomic E-state index is -1.43. The van der Waals surface area contributed by atoms with E-state index in [9.17, 15) is 19.2 Å². The molecule has 0 fully saturated rings. The molecule has 0 saturated heterocycles. The summed E-state index contributed by atoms with van der Waals surface area (Å²) in [5.74, 6) is -2.31. The van der Waals surface area contributed by atoms with Crippen molar-refractivity contribution >= 4 is 35.6 Å². The van der Waals surface area contributed by atoms with E-state index in [1.807, 2.05) is 6.26 Å². The topological polar surface area (TPSA) is 148 Å². The lowest BCUT2D eigenvalue weighted by Gasteiger charge is -2.20. The Hall–Kier alpha value is -1.97. The molecule has 0 saturated carbocycles. The van der Waals surface area contributed by atoms with Gasteiger partial charge in [-0.15, -0.1) is 0 Å². The second-order valence-corrected chi connectivity index (χ2v) is 5.01. The molecule has 120 valence electrons. The third-order valence-corrected chi connectivity index (χ3v) is 3.10. The predicted octanol–water partition coefficient (Wildman–Crippen LogP) is -1.09. The summed E-state index contributed by atoms with van der Waals surface area (Å²) in [5.41, 5.74) is 4.97. The summed E-state index contributed by atoms with van der Waals surface area (Å²) >= 11 is 1.45. The number of nitrogens with one attached hydrogen (secondary N) is 2. The number of hydrogen-bond acceptors (Lipinski definition) is 6. The Morgan fingerprint density at radius 3 is 2.29 bits per heavy atom. The number of primary amides is 1. The summed E-state index contributed by atoms with van der Waals surface area (Å²) in [5, 5.41) is 13.4. The summed E-state index contributed by atoms with van der Waals surface area (Å²) in [7, 11) is 1.11. The van der Waals surface area contributed by atoms with E-state index >= 15 is 0 Å². The van der Waals surface area contributed by atoms with Crippen LogP contribution in [0, 0.1) is 0 Å². The van der Waals surface area contributed by atoms with Crippen LogP contribution in [0.5, 0.6) is 0 Å². The van der Waals surface area contributed by atoms with Gasteiger partial charge in [0.15, 0.2) is 0 Å². The molecule has 0 aliphatic carbocycles. The number of esters is 1. The van der Waals surface area contributed by atoms with Gasteiger partial charge < -0.3 is 26.2 Å².